The Morgan fingerprint density at radius 1 is 1.19 bits per heavy atom. The third-order valence-electron chi connectivity index (χ3n) is 3.45. The fraction of sp³-hybridized carbons (Fsp3) is 0.0588. The van der Waals surface area contributed by atoms with Gasteiger partial charge in [-0.2, -0.15) is 5.10 Å². The Bertz CT molecular complexity index is 846. The van der Waals surface area contributed by atoms with Gasteiger partial charge in [0.25, 0.3) is 0 Å². The molecule has 1 heterocycles. The number of benzene rings is 2. The van der Waals surface area contributed by atoms with Crippen molar-refractivity contribution >= 4 is 29.0 Å². The Labute approximate surface area is 122 Å². The molecular weight excluding hydrogens is 262 g/mol. The second-order valence-corrected chi connectivity index (χ2v) is 4.93. The van der Waals surface area contributed by atoms with E-state index < -0.39 is 5.91 Å². The van der Waals surface area contributed by atoms with E-state index in [4.69, 9.17) is 5.73 Å². The van der Waals surface area contributed by atoms with Gasteiger partial charge in [0.15, 0.2) is 0 Å². The first kappa shape index (κ1) is 13.1. The Hall–Kier alpha value is -2.88. The van der Waals surface area contributed by atoms with Gasteiger partial charge in [-0.15, -0.1) is 0 Å². The summed E-state index contributed by atoms with van der Waals surface area (Å²) in [7, 11) is 0. The van der Waals surface area contributed by atoms with Crippen LogP contribution in [0.4, 0.5) is 0 Å². The fourth-order valence-electron chi connectivity index (χ4n) is 2.35. The standard InChI is InChI=1S/C17H15N3O/c1-11-10-12(6-8-13(11)17(18)21)7-9-16-14-4-2-3-5-15(14)19-20-16/h2-10H,1H3,(H2,18,21)(H,19,20). The molecule has 0 aliphatic heterocycles. The SMILES string of the molecule is Cc1cc(C=Cc2n[nH]c3ccccc23)ccc1C(N)=O. The minimum absolute atomic E-state index is 0.402. The number of primary amides is 1. The van der Waals surface area contributed by atoms with E-state index in [0.717, 1.165) is 27.7 Å². The number of fused-ring (bicyclic) bond motifs is 1. The fourth-order valence-corrected chi connectivity index (χ4v) is 2.35. The third-order valence-corrected chi connectivity index (χ3v) is 3.45. The van der Waals surface area contributed by atoms with Crippen molar-refractivity contribution in [2.45, 2.75) is 6.92 Å². The molecular formula is C17H15N3O. The number of amides is 1. The zero-order valence-corrected chi connectivity index (χ0v) is 11.6. The summed E-state index contributed by atoms with van der Waals surface area (Å²) in [6, 6.07) is 13.5. The van der Waals surface area contributed by atoms with E-state index in [2.05, 4.69) is 10.2 Å². The van der Waals surface area contributed by atoms with Gasteiger partial charge in [-0.1, -0.05) is 36.4 Å². The van der Waals surface area contributed by atoms with Gasteiger partial charge in [0, 0.05) is 10.9 Å². The van der Waals surface area contributed by atoms with Crippen LogP contribution in [-0.2, 0) is 0 Å². The lowest BCUT2D eigenvalue weighted by atomic mass is 10.0. The average Bonchev–Trinajstić information content (AvgIpc) is 2.88. The largest absolute Gasteiger partial charge is 0.366 e. The maximum atomic E-state index is 11.2. The van der Waals surface area contributed by atoms with Crippen molar-refractivity contribution in [3.05, 3.63) is 64.8 Å². The van der Waals surface area contributed by atoms with Crippen LogP contribution >= 0.6 is 0 Å². The molecule has 0 fully saturated rings. The molecule has 1 amide bonds. The minimum Gasteiger partial charge on any atom is -0.366 e. The molecule has 3 rings (SSSR count). The maximum Gasteiger partial charge on any atom is 0.248 e. The van der Waals surface area contributed by atoms with E-state index in [9.17, 15) is 4.79 Å². The lowest BCUT2D eigenvalue weighted by Crippen LogP contribution is -2.12. The van der Waals surface area contributed by atoms with Crippen molar-refractivity contribution < 1.29 is 4.79 Å². The molecule has 2 aromatic carbocycles. The van der Waals surface area contributed by atoms with Crippen molar-refractivity contribution in [2.24, 2.45) is 5.73 Å². The van der Waals surface area contributed by atoms with Crippen LogP contribution in [0.5, 0.6) is 0 Å². The topological polar surface area (TPSA) is 71.8 Å². The summed E-state index contributed by atoms with van der Waals surface area (Å²) < 4.78 is 0. The number of hydrogen-bond donors (Lipinski definition) is 2. The van der Waals surface area contributed by atoms with Crippen LogP contribution in [0.2, 0.25) is 0 Å². The lowest BCUT2D eigenvalue weighted by Gasteiger charge is -2.02. The van der Waals surface area contributed by atoms with Crippen molar-refractivity contribution in [1.29, 1.82) is 0 Å². The molecule has 21 heavy (non-hydrogen) atoms. The van der Waals surface area contributed by atoms with Crippen molar-refractivity contribution in [3.8, 4) is 0 Å². The van der Waals surface area contributed by atoms with Gasteiger partial charge in [-0.05, 0) is 36.3 Å². The smallest absolute Gasteiger partial charge is 0.248 e. The number of aromatic amines is 1. The number of H-pyrrole nitrogens is 1. The van der Waals surface area contributed by atoms with E-state index in [1.54, 1.807) is 6.07 Å². The summed E-state index contributed by atoms with van der Waals surface area (Å²) in [4.78, 5) is 11.2. The number of para-hydroxylation sites is 1. The van der Waals surface area contributed by atoms with E-state index in [1.807, 2.05) is 55.5 Å². The number of aryl methyl sites for hydroxylation is 1. The van der Waals surface area contributed by atoms with E-state index in [-0.39, 0.29) is 0 Å². The molecule has 0 saturated heterocycles. The number of carbonyl (C=O) groups excluding carboxylic acids is 1. The van der Waals surface area contributed by atoms with Crippen molar-refractivity contribution in [1.82, 2.24) is 10.2 Å². The molecule has 0 bridgehead atoms. The number of aromatic nitrogens is 2. The van der Waals surface area contributed by atoms with Crippen molar-refractivity contribution in [3.63, 3.8) is 0 Å². The van der Waals surface area contributed by atoms with E-state index in [1.165, 1.54) is 0 Å². The van der Waals surface area contributed by atoms with Crippen LogP contribution in [0.1, 0.15) is 27.2 Å². The Balaban J connectivity index is 1.93. The maximum absolute atomic E-state index is 11.2. The summed E-state index contributed by atoms with van der Waals surface area (Å²) in [5, 5.41) is 8.37. The molecule has 0 atom stereocenters. The first-order valence-corrected chi connectivity index (χ1v) is 6.67. The highest BCUT2D eigenvalue weighted by Gasteiger charge is 2.04. The number of hydrogen-bond acceptors (Lipinski definition) is 2. The molecule has 1 aromatic heterocycles. The summed E-state index contributed by atoms with van der Waals surface area (Å²) in [6.45, 7) is 1.88. The van der Waals surface area contributed by atoms with Crippen molar-refractivity contribution in [2.75, 3.05) is 0 Å². The molecule has 0 spiro atoms. The predicted octanol–water partition coefficient (Wildman–Crippen LogP) is 3.14. The highest BCUT2D eigenvalue weighted by atomic mass is 16.1. The van der Waals surface area contributed by atoms with Gasteiger partial charge >= 0.3 is 0 Å². The zero-order valence-electron chi connectivity index (χ0n) is 11.6. The summed E-state index contributed by atoms with van der Waals surface area (Å²) in [6.07, 6.45) is 3.93. The minimum atomic E-state index is -0.402. The molecule has 3 aromatic rings. The van der Waals surface area contributed by atoms with Crippen LogP contribution in [0.15, 0.2) is 42.5 Å². The molecule has 0 radical (unpaired) electrons. The second-order valence-electron chi connectivity index (χ2n) is 4.93. The molecule has 0 saturated carbocycles. The normalized spacial score (nSPS) is 11.3. The van der Waals surface area contributed by atoms with Crippen LogP contribution in [0, 0.1) is 6.92 Å². The number of nitrogens with two attached hydrogens (primary N) is 1. The molecule has 3 N–H and O–H groups in total. The Morgan fingerprint density at radius 2 is 2.00 bits per heavy atom. The Morgan fingerprint density at radius 3 is 2.76 bits per heavy atom. The van der Waals surface area contributed by atoms with Gasteiger partial charge in [0.05, 0.1) is 11.2 Å². The number of nitrogens with one attached hydrogen (secondary N) is 1. The monoisotopic (exact) mass is 277 g/mol. The van der Waals surface area contributed by atoms with E-state index >= 15 is 0 Å². The first-order chi connectivity index (χ1) is 10.1. The summed E-state index contributed by atoms with van der Waals surface area (Å²) in [5.74, 6) is -0.402. The van der Waals surface area contributed by atoms with Gasteiger partial charge in [0.1, 0.15) is 0 Å². The highest BCUT2D eigenvalue weighted by Crippen LogP contribution is 2.18. The summed E-state index contributed by atoms with van der Waals surface area (Å²) >= 11 is 0. The van der Waals surface area contributed by atoms with Gasteiger partial charge < -0.3 is 5.73 Å². The van der Waals surface area contributed by atoms with Crippen LogP contribution in [0.25, 0.3) is 23.1 Å². The zero-order chi connectivity index (χ0) is 14.8. The predicted molar refractivity (Wildman–Crippen MR) is 84.7 cm³/mol. The first-order valence-electron chi connectivity index (χ1n) is 6.67. The molecule has 0 aliphatic rings. The van der Waals surface area contributed by atoms with Crippen LogP contribution in [-0.4, -0.2) is 16.1 Å². The second kappa shape index (κ2) is 5.25. The summed E-state index contributed by atoms with van der Waals surface area (Å²) in [5.41, 5.74) is 9.64. The third kappa shape index (κ3) is 2.56. The highest BCUT2D eigenvalue weighted by molar-refractivity contribution is 5.95. The average molecular weight is 277 g/mol. The van der Waals surface area contributed by atoms with Gasteiger partial charge in [0.2, 0.25) is 5.91 Å². The number of nitrogens with zero attached hydrogens (tertiary/aromatic N) is 1. The van der Waals surface area contributed by atoms with Gasteiger partial charge in [-0.25, -0.2) is 0 Å². The molecule has 104 valence electrons. The quantitative estimate of drug-likeness (QED) is 0.772. The molecule has 4 heteroatoms. The number of rotatable bonds is 3. The number of carbonyl (C=O) groups is 1. The lowest BCUT2D eigenvalue weighted by molar-refractivity contribution is 0.0999. The molecule has 0 unspecified atom stereocenters. The van der Waals surface area contributed by atoms with Crippen LogP contribution in [0.3, 0.4) is 0 Å². The Kier molecular flexibility index (Phi) is 3.28. The van der Waals surface area contributed by atoms with Gasteiger partial charge in [-0.3, -0.25) is 9.89 Å². The molecule has 4 nitrogen and oxygen atoms in total. The van der Waals surface area contributed by atoms with E-state index in [0.29, 0.717) is 5.56 Å². The molecule has 0 aliphatic carbocycles. The van der Waals surface area contributed by atoms with Crippen LogP contribution < -0.4 is 5.73 Å².